The van der Waals surface area contributed by atoms with Gasteiger partial charge in [0, 0.05) is 26.5 Å². The van der Waals surface area contributed by atoms with Crippen LogP contribution < -0.4 is 5.32 Å². The summed E-state index contributed by atoms with van der Waals surface area (Å²) in [6.45, 7) is 3.11. The van der Waals surface area contributed by atoms with Gasteiger partial charge >= 0.3 is 23.9 Å². The summed E-state index contributed by atoms with van der Waals surface area (Å²) in [5.74, 6) is -3.86. The van der Waals surface area contributed by atoms with Gasteiger partial charge in [-0.15, -0.1) is 5.10 Å². The second-order valence-electron chi connectivity index (χ2n) is 7.34. The number of carbonyl (C=O) groups is 4. The van der Waals surface area contributed by atoms with E-state index in [9.17, 15) is 23.6 Å². The lowest BCUT2D eigenvalue weighted by Crippen LogP contribution is -2.41. The van der Waals surface area contributed by atoms with Gasteiger partial charge in [-0.1, -0.05) is 0 Å². The van der Waals surface area contributed by atoms with Crippen LogP contribution in [0.15, 0.2) is 24.3 Å². The lowest BCUT2D eigenvalue weighted by Gasteiger charge is -2.23. The highest BCUT2D eigenvalue weighted by molar-refractivity contribution is 5.85. The van der Waals surface area contributed by atoms with Crippen LogP contribution in [0.2, 0.25) is 0 Å². The molecule has 0 saturated carbocycles. The van der Waals surface area contributed by atoms with Crippen molar-refractivity contribution < 1.29 is 47.3 Å². The van der Waals surface area contributed by atoms with Crippen LogP contribution in [0.4, 0.5) is 16.0 Å². The molecule has 0 amide bonds. The molecule has 13 nitrogen and oxygen atoms in total. The Labute approximate surface area is 198 Å². The Bertz CT molecular complexity index is 1100. The first kappa shape index (κ1) is 25.6. The number of methoxy groups -OCH3 is 1. The monoisotopic (exact) mass is 494 g/mol. The highest BCUT2D eigenvalue weighted by Gasteiger charge is 2.52. The number of nitrogens with zero attached hydrogens (tertiary/aromatic N) is 3. The van der Waals surface area contributed by atoms with Crippen molar-refractivity contribution in [2.24, 2.45) is 0 Å². The Morgan fingerprint density at radius 1 is 1.03 bits per heavy atom. The third-order valence-corrected chi connectivity index (χ3v) is 4.68. The normalized spacial score (nSPS) is 21.2. The van der Waals surface area contributed by atoms with Crippen molar-refractivity contribution in [1.29, 1.82) is 0 Å². The number of esters is 4. The standard InChI is InChI=1S/C21H23FN4O9/c1-10(27)32-9-15-16(33-11(2)28)17(34-12(3)29)19(35-15)26-18(20(30)31-4)24-21(25-26)23-14-7-5-13(22)6-8-14/h5-8,15-17,19H,9H2,1-4H3,(H,23,25)/t15-,16-,17-,19-/m1/s1. The highest BCUT2D eigenvalue weighted by Crippen LogP contribution is 2.35. The number of aromatic nitrogens is 3. The Kier molecular flexibility index (Phi) is 7.96. The molecule has 0 aliphatic carbocycles. The van der Waals surface area contributed by atoms with Crippen molar-refractivity contribution >= 4 is 35.5 Å². The van der Waals surface area contributed by atoms with Gasteiger partial charge in [-0.25, -0.2) is 13.9 Å². The first-order valence-electron chi connectivity index (χ1n) is 10.3. The molecule has 14 heteroatoms. The summed E-state index contributed by atoms with van der Waals surface area (Å²) < 4.78 is 40.5. The number of hydrogen-bond acceptors (Lipinski definition) is 12. The predicted octanol–water partition coefficient (Wildman–Crippen LogP) is 1.27. The number of ether oxygens (including phenoxy) is 5. The van der Waals surface area contributed by atoms with Gasteiger partial charge in [-0.05, 0) is 24.3 Å². The fourth-order valence-electron chi connectivity index (χ4n) is 3.34. The summed E-state index contributed by atoms with van der Waals surface area (Å²) in [6.07, 6.45) is -4.89. The fraction of sp³-hybridized carbons (Fsp3) is 0.429. The minimum Gasteiger partial charge on any atom is -0.463 e. The fourth-order valence-corrected chi connectivity index (χ4v) is 3.34. The Morgan fingerprint density at radius 3 is 2.23 bits per heavy atom. The van der Waals surface area contributed by atoms with Crippen molar-refractivity contribution in [2.75, 3.05) is 19.0 Å². The summed E-state index contributed by atoms with van der Waals surface area (Å²) in [6, 6.07) is 5.27. The molecule has 0 radical (unpaired) electrons. The van der Waals surface area contributed by atoms with Gasteiger partial charge in [-0.3, -0.25) is 14.4 Å². The van der Waals surface area contributed by atoms with E-state index < -0.39 is 54.2 Å². The van der Waals surface area contributed by atoms with Crippen LogP contribution in [0.3, 0.4) is 0 Å². The largest absolute Gasteiger partial charge is 0.463 e. The van der Waals surface area contributed by atoms with Crippen LogP contribution in [-0.2, 0) is 38.1 Å². The molecule has 1 aliphatic rings. The average Bonchev–Trinajstić information content (AvgIpc) is 3.34. The molecule has 2 aromatic rings. The van der Waals surface area contributed by atoms with Gasteiger partial charge in [0.05, 0.1) is 7.11 Å². The van der Waals surface area contributed by atoms with Crippen molar-refractivity contribution in [3.63, 3.8) is 0 Å². The first-order valence-corrected chi connectivity index (χ1v) is 10.3. The lowest BCUT2D eigenvalue weighted by molar-refractivity contribution is -0.166. The number of rotatable bonds is 8. The molecular weight excluding hydrogens is 471 g/mol. The molecule has 2 heterocycles. The van der Waals surface area contributed by atoms with E-state index in [-0.39, 0.29) is 18.4 Å². The number of benzene rings is 1. The maximum Gasteiger partial charge on any atom is 0.376 e. The summed E-state index contributed by atoms with van der Waals surface area (Å²) >= 11 is 0. The number of carbonyl (C=O) groups excluding carboxylic acids is 4. The number of anilines is 2. The zero-order valence-electron chi connectivity index (χ0n) is 19.2. The van der Waals surface area contributed by atoms with E-state index in [4.69, 9.17) is 23.7 Å². The van der Waals surface area contributed by atoms with Crippen LogP contribution >= 0.6 is 0 Å². The summed E-state index contributed by atoms with van der Waals surface area (Å²) in [5.41, 5.74) is 0.411. The summed E-state index contributed by atoms with van der Waals surface area (Å²) in [5, 5.41) is 7.02. The molecule has 188 valence electrons. The van der Waals surface area contributed by atoms with Crippen molar-refractivity contribution in [3.8, 4) is 0 Å². The van der Waals surface area contributed by atoms with Crippen molar-refractivity contribution in [3.05, 3.63) is 35.9 Å². The molecule has 3 rings (SSSR count). The molecule has 1 fully saturated rings. The van der Waals surface area contributed by atoms with Gasteiger partial charge in [0.15, 0.2) is 18.4 Å². The smallest absolute Gasteiger partial charge is 0.376 e. The van der Waals surface area contributed by atoms with Crippen LogP contribution in [0.1, 0.15) is 37.6 Å². The average molecular weight is 494 g/mol. The summed E-state index contributed by atoms with van der Waals surface area (Å²) in [7, 11) is 1.12. The van der Waals surface area contributed by atoms with E-state index in [1.54, 1.807) is 0 Å². The second-order valence-corrected chi connectivity index (χ2v) is 7.34. The minimum absolute atomic E-state index is 0.0883. The Balaban J connectivity index is 2.02. The quantitative estimate of drug-likeness (QED) is 0.415. The minimum atomic E-state index is -1.32. The van der Waals surface area contributed by atoms with Crippen LogP contribution in [-0.4, -0.2) is 70.7 Å². The van der Waals surface area contributed by atoms with Gasteiger partial charge in [-0.2, -0.15) is 4.98 Å². The van der Waals surface area contributed by atoms with E-state index in [0.29, 0.717) is 5.69 Å². The SMILES string of the molecule is COC(=O)c1nc(Nc2ccc(F)cc2)nn1[C@@H]1O[C@H](COC(C)=O)[C@@H](OC(C)=O)[C@H]1OC(C)=O. The topological polar surface area (TPSA) is 157 Å². The molecule has 1 saturated heterocycles. The zero-order chi connectivity index (χ0) is 25.7. The molecular formula is C21H23FN4O9. The van der Waals surface area contributed by atoms with E-state index in [0.717, 1.165) is 25.6 Å². The lowest BCUT2D eigenvalue weighted by atomic mass is 10.1. The molecule has 0 spiro atoms. The number of halogens is 1. The first-order chi connectivity index (χ1) is 16.6. The molecule has 35 heavy (non-hydrogen) atoms. The van der Waals surface area contributed by atoms with Gasteiger partial charge in [0.25, 0.3) is 0 Å². The molecule has 1 aliphatic heterocycles. The van der Waals surface area contributed by atoms with E-state index in [1.165, 1.54) is 31.2 Å². The molecule has 4 atom stereocenters. The molecule has 0 bridgehead atoms. The van der Waals surface area contributed by atoms with Crippen LogP contribution in [0.5, 0.6) is 0 Å². The molecule has 0 unspecified atom stereocenters. The van der Waals surface area contributed by atoms with E-state index in [1.807, 2.05) is 0 Å². The van der Waals surface area contributed by atoms with E-state index >= 15 is 0 Å². The predicted molar refractivity (Wildman–Crippen MR) is 113 cm³/mol. The Hall–Kier alpha value is -4.07. The highest BCUT2D eigenvalue weighted by atomic mass is 19.1. The zero-order valence-corrected chi connectivity index (χ0v) is 19.2. The van der Waals surface area contributed by atoms with Crippen molar-refractivity contribution in [2.45, 2.75) is 45.3 Å². The number of hydrogen-bond donors (Lipinski definition) is 1. The molecule has 1 aromatic heterocycles. The molecule has 1 N–H and O–H groups in total. The van der Waals surface area contributed by atoms with Crippen molar-refractivity contribution in [1.82, 2.24) is 14.8 Å². The van der Waals surface area contributed by atoms with Gasteiger partial charge in [0.1, 0.15) is 18.5 Å². The molecule has 1 aromatic carbocycles. The maximum atomic E-state index is 13.2. The van der Waals surface area contributed by atoms with Gasteiger partial charge in [0.2, 0.25) is 11.8 Å². The van der Waals surface area contributed by atoms with Gasteiger partial charge < -0.3 is 29.0 Å². The third-order valence-electron chi connectivity index (χ3n) is 4.68. The summed E-state index contributed by atoms with van der Waals surface area (Å²) in [4.78, 5) is 51.5. The third kappa shape index (κ3) is 6.29. The maximum absolute atomic E-state index is 13.2. The van der Waals surface area contributed by atoms with E-state index in [2.05, 4.69) is 15.4 Å². The van der Waals surface area contributed by atoms with Crippen LogP contribution in [0, 0.1) is 5.82 Å². The Morgan fingerprint density at radius 2 is 1.66 bits per heavy atom. The number of nitrogens with one attached hydrogen (secondary N) is 1. The van der Waals surface area contributed by atoms with Crippen LogP contribution in [0.25, 0.3) is 0 Å². The second kappa shape index (κ2) is 10.9.